The van der Waals surface area contributed by atoms with Crippen LogP contribution in [-0.4, -0.2) is 11.5 Å². The maximum absolute atomic E-state index is 13.2. The summed E-state index contributed by atoms with van der Waals surface area (Å²) in [5.41, 5.74) is 2.04. The van der Waals surface area contributed by atoms with Crippen LogP contribution < -0.4 is 5.32 Å². The van der Waals surface area contributed by atoms with E-state index in [9.17, 15) is 4.39 Å². The standard InChI is InChI=1S/C17H17FN2S/c1-12(13-5-4-6-14(18)11-13)19-10-9-17-20-15-7-2-3-8-16(15)21-17/h2-8,11-12,19H,9-10H2,1H3. The topological polar surface area (TPSA) is 24.9 Å². The van der Waals surface area contributed by atoms with Crippen LogP contribution in [0.4, 0.5) is 4.39 Å². The Morgan fingerprint density at radius 2 is 2.05 bits per heavy atom. The van der Waals surface area contributed by atoms with E-state index in [1.54, 1.807) is 23.5 Å². The molecule has 0 spiro atoms. The molecule has 0 radical (unpaired) electrons. The van der Waals surface area contributed by atoms with Gasteiger partial charge in [-0.05, 0) is 36.8 Å². The van der Waals surface area contributed by atoms with Gasteiger partial charge in [0.25, 0.3) is 0 Å². The zero-order chi connectivity index (χ0) is 14.7. The average Bonchev–Trinajstić information content (AvgIpc) is 2.89. The zero-order valence-electron chi connectivity index (χ0n) is 11.8. The number of rotatable bonds is 5. The molecule has 0 aliphatic carbocycles. The minimum atomic E-state index is -0.188. The van der Waals surface area contributed by atoms with Crippen LogP contribution >= 0.6 is 11.3 Å². The van der Waals surface area contributed by atoms with E-state index in [1.165, 1.54) is 10.8 Å². The number of hydrogen-bond acceptors (Lipinski definition) is 3. The largest absolute Gasteiger partial charge is 0.310 e. The predicted molar refractivity (Wildman–Crippen MR) is 86.1 cm³/mol. The van der Waals surface area contributed by atoms with Crippen LogP contribution in [0.5, 0.6) is 0 Å². The number of hydrogen-bond donors (Lipinski definition) is 1. The van der Waals surface area contributed by atoms with Crippen LogP contribution in [0.2, 0.25) is 0 Å². The lowest BCUT2D eigenvalue weighted by Gasteiger charge is -2.13. The Morgan fingerprint density at radius 1 is 1.19 bits per heavy atom. The van der Waals surface area contributed by atoms with Gasteiger partial charge < -0.3 is 5.32 Å². The summed E-state index contributed by atoms with van der Waals surface area (Å²) in [4.78, 5) is 4.61. The smallest absolute Gasteiger partial charge is 0.123 e. The number of fused-ring (bicyclic) bond motifs is 1. The fourth-order valence-corrected chi connectivity index (χ4v) is 3.28. The molecule has 3 rings (SSSR count). The molecule has 1 atom stereocenters. The maximum atomic E-state index is 13.2. The summed E-state index contributed by atoms with van der Waals surface area (Å²) in [5, 5.41) is 4.55. The molecule has 0 fully saturated rings. The summed E-state index contributed by atoms with van der Waals surface area (Å²) in [6, 6.07) is 15.1. The van der Waals surface area contributed by atoms with Crippen molar-refractivity contribution in [2.75, 3.05) is 6.54 Å². The van der Waals surface area contributed by atoms with Gasteiger partial charge in [0.2, 0.25) is 0 Å². The van der Waals surface area contributed by atoms with Crippen LogP contribution in [0.15, 0.2) is 48.5 Å². The normalized spacial score (nSPS) is 12.7. The Bertz CT molecular complexity index is 705. The monoisotopic (exact) mass is 300 g/mol. The third-order valence-electron chi connectivity index (χ3n) is 3.48. The molecule has 0 amide bonds. The maximum Gasteiger partial charge on any atom is 0.123 e. The molecule has 4 heteroatoms. The molecule has 0 saturated carbocycles. The molecule has 1 unspecified atom stereocenters. The minimum absolute atomic E-state index is 0.134. The fourth-order valence-electron chi connectivity index (χ4n) is 2.32. The van der Waals surface area contributed by atoms with E-state index < -0.39 is 0 Å². The van der Waals surface area contributed by atoms with Crippen molar-refractivity contribution in [1.29, 1.82) is 0 Å². The van der Waals surface area contributed by atoms with Gasteiger partial charge in [0, 0.05) is 19.0 Å². The first kappa shape index (κ1) is 14.2. The van der Waals surface area contributed by atoms with Crippen LogP contribution in [-0.2, 0) is 6.42 Å². The van der Waals surface area contributed by atoms with Gasteiger partial charge >= 0.3 is 0 Å². The minimum Gasteiger partial charge on any atom is -0.310 e. The van der Waals surface area contributed by atoms with Gasteiger partial charge in [0.1, 0.15) is 5.82 Å². The van der Waals surface area contributed by atoms with E-state index in [0.29, 0.717) is 0 Å². The second-order valence-corrected chi connectivity index (χ2v) is 6.17. The lowest BCUT2D eigenvalue weighted by Crippen LogP contribution is -2.21. The van der Waals surface area contributed by atoms with E-state index in [1.807, 2.05) is 31.2 Å². The molecular weight excluding hydrogens is 283 g/mol. The highest BCUT2D eigenvalue weighted by Gasteiger charge is 2.07. The third-order valence-corrected chi connectivity index (χ3v) is 4.57. The van der Waals surface area contributed by atoms with Gasteiger partial charge in [-0.3, -0.25) is 0 Å². The van der Waals surface area contributed by atoms with Gasteiger partial charge in [0.15, 0.2) is 0 Å². The van der Waals surface area contributed by atoms with Crippen molar-refractivity contribution in [2.45, 2.75) is 19.4 Å². The van der Waals surface area contributed by atoms with Crippen molar-refractivity contribution >= 4 is 21.6 Å². The Morgan fingerprint density at radius 3 is 2.86 bits per heavy atom. The number of nitrogens with one attached hydrogen (secondary N) is 1. The quantitative estimate of drug-likeness (QED) is 0.758. The molecule has 2 aromatic carbocycles. The molecule has 3 aromatic rings. The molecule has 2 nitrogen and oxygen atoms in total. The average molecular weight is 300 g/mol. The van der Waals surface area contributed by atoms with Crippen molar-refractivity contribution in [3.8, 4) is 0 Å². The molecule has 1 aromatic heterocycles. The summed E-state index contributed by atoms with van der Waals surface area (Å²) < 4.78 is 14.4. The zero-order valence-corrected chi connectivity index (χ0v) is 12.7. The molecular formula is C17H17FN2S. The number of thiazole rings is 1. The number of nitrogens with zero attached hydrogens (tertiary/aromatic N) is 1. The van der Waals surface area contributed by atoms with Crippen LogP contribution in [0.25, 0.3) is 10.2 Å². The van der Waals surface area contributed by atoms with Crippen LogP contribution in [0.3, 0.4) is 0 Å². The number of para-hydroxylation sites is 1. The first-order valence-corrected chi connectivity index (χ1v) is 7.87. The Hall–Kier alpha value is -1.78. The third kappa shape index (κ3) is 3.46. The molecule has 0 aliphatic rings. The Balaban J connectivity index is 1.58. The fraction of sp³-hybridized carbons (Fsp3) is 0.235. The van der Waals surface area contributed by atoms with Crippen molar-refractivity contribution < 1.29 is 4.39 Å². The highest BCUT2D eigenvalue weighted by molar-refractivity contribution is 7.18. The van der Waals surface area contributed by atoms with Gasteiger partial charge in [-0.1, -0.05) is 24.3 Å². The van der Waals surface area contributed by atoms with Gasteiger partial charge in [-0.2, -0.15) is 0 Å². The van der Waals surface area contributed by atoms with Crippen molar-refractivity contribution in [3.05, 3.63) is 64.9 Å². The molecule has 0 aliphatic heterocycles. The Kier molecular flexibility index (Phi) is 4.27. The summed E-state index contributed by atoms with van der Waals surface area (Å²) in [6.45, 7) is 2.88. The first-order chi connectivity index (χ1) is 10.2. The van der Waals surface area contributed by atoms with Gasteiger partial charge in [-0.15, -0.1) is 11.3 Å². The Labute approximate surface area is 127 Å². The molecule has 21 heavy (non-hydrogen) atoms. The van der Waals surface area contributed by atoms with E-state index in [2.05, 4.69) is 16.4 Å². The van der Waals surface area contributed by atoms with E-state index in [4.69, 9.17) is 0 Å². The second-order valence-electron chi connectivity index (χ2n) is 5.06. The summed E-state index contributed by atoms with van der Waals surface area (Å²) in [6.07, 6.45) is 0.888. The van der Waals surface area contributed by atoms with Gasteiger partial charge in [0.05, 0.1) is 15.2 Å². The van der Waals surface area contributed by atoms with Crippen molar-refractivity contribution in [2.24, 2.45) is 0 Å². The second kappa shape index (κ2) is 6.33. The summed E-state index contributed by atoms with van der Waals surface area (Å²) >= 11 is 1.74. The molecule has 0 saturated heterocycles. The number of halogens is 1. The molecule has 1 heterocycles. The van der Waals surface area contributed by atoms with E-state index in [-0.39, 0.29) is 11.9 Å². The lowest BCUT2D eigenvalue weighted by atomic mass is 10.1. The van der Waals surface area contributed by atoms with E-state index in [0.717, 1.165) is 29.1 Å². The number of aromatic nitrogens is 1. The van der Waals surface area contributed by atoms with E-state index >= 15 is 0 Å². The summed E-state index contributed by atoms with van der Waals surface area (Å²) in [5.74, 6) is -0.188. The molecule has 0 bridgehead atoms. The summed E-state index contributed by atoms with van der Waals surface area (Å²) in [7, 11) is 0. The number of benzene rings is 2. The van der Waals surface area contributed by atoms with Gasteiger partial charge in [-0.25, -0.2) is 9.37 Å². The van der Waals surface area contributed by atoms with Crippen molar-refractivity contribution in [1.82, 2.24) is 10.3 Å². The van der Waals surface area contributed by atoms with Crippen molar-refractivity contribution in [3.63, 3.8) is 0 Å². The first-order valence-electron chi connectivity index (χ1n) is 7.05. The highest BCUT2D eigenvalue weighted by Crippen LogP contribution is 2.21. The molecule has 108 valence electrons. The lowest BCUT2D eigenvalue weighted by molar-refractivity contribution is 0.567. The van der Waals surface area contributed by atoms with Crippen LogP contribution in [0.1, 0.15) is 23.5 Å². The highest BCUT2D eigenvalue weighted by atomic mass is 32.1. The SMILES string of the molecule is CC(NCCc1nc2ccccc2s1)c1cccc(F)c1. The van der Waals surface area contributed by atoms with Crippen LogP contribution in [0, 0.1) is 5.82 Å². The molecule has 1 N–H and O–H groups in total. The predicted octanol–water partition coefficient (Wildman–Crippen LogP) is 4.33.